The van der Waals surface area contributed by atoms with Crippen molar-refractivity contribution in [3.63, 3.8) is 0 Å². The van der Waals surface area contributed by atoms with Crippen molar-refractivity contribution >= 4 is 21.6 Å². The van der Waals surface area contributed by atoms with Crippen molar-refractivity contribution in [2.24, 2.45) is 0 Å². The van der Waals surface area contributed by atoms with Gasteiger partial charge in [-0.15, -0.1) is 0 Å². The van der Waals surface area contributed by atoms with Crippen LogP contribution in [0.15, 0.2) is 16.7 Å². The Balaban J connectivity index is 2.14. The van der Waals surface area contributed by atoms with Crippen LogP contribution in [0, 0.1) is 10.1 Å². The molecule has 1 aliphatic heterocycles. The molecule has 0 aliphatic carbocycles. The maximum Gasteiger partial charge on any atom is 0.288 e. The zero-order valence-corrected chi connectivity index (χ0v) is 9.23. The van der Waals surface area contributed by atoms with E-state index in [1.54, 1.807) is 0 Å². The summed E-state index contributed by atoms with van der Waals surface area (Å²) in [5.74, 6) is 0.395. The summed E-state index contributed by atoms with van der Waals surface area (Å²) in [6.45, 7) is 1.57. The van der Waals surface area contributed by atoms with Gasteiger partial charge in [-0.1, -0.05) is 0 Å². The summed E-state index contributed by atoms with van der Waals surface area (Å²) >= 11 is 3.18. The fourth-order valence-electron chi connectivity index (χ4n) is 1.11. The summed E-state index contributed by atoms with van der Waals surface area (Å²) in [6, 6.07) is 1.38. The van der Waals surface area contributed by atoms with E-state index in [0.29, 0.717) is 10.4 Å². The molecule has 0 spiro atoms. The number of nitrogens with zero attached hydrogens (tertiary/aromatic N) is 2. The van der Waals surface area contributed by atoms with Crippen LogP contribution in [0.1, 0.15) is 0 Å². The highest BCUT2D eigenvalue weighted by atomic mass is 79.9. The van der Waals surface area contributed by atoms with E-state index in [4.69, 9.17) is 4.74 Å². The Bertz CT molecular complexity index is 395. The van der Waals surface area contributed by atoms with Gasteiger partial charge in [-0.05, 0) is 15.9 Å². The van der Waals surface area contributed by atoms with E-state index in [9.17, 15) is 10.1 Å². The lowest BCUT2D eigenvalue weighted by molar-refractivity contribution is -0.385. The van der Waals surface area contributed by atoms with Crippen LogP contribution in [-0.2, 0) is 0 Å². The van der Waals surface area contributed by atoms with Crippen LogP contribution in [0.5, 0.6) is 5.88 Å². The molecule has 0 saturated carbocycles. The Labute approximate surface area is 93.9 Å². The topological polar surface area (TPSA) is 77.3 Å². The van der Waals surface area contributed by atoms with Gasteiger partial charge in [0.2, 0.25) is 5.88 Å². The van der Waals surface area contributed by atoms with E-state index < -0.39 is 4.92 Å². The van der Waals surface area contributed by atoms with Gasteiger partial charge in [0.25, 0.3) is 5.69 Å². The fraction of sp³-hybridized carbons (Fsp3) is 0.375. The van der Waals surface area contributed by atoms with Crippen LogP contribution >= 0.6 is 15.9 Å². The molecule has 0 bridgehead atoms. The second-order valence-electron chi connectivity index (χ2n) is 3.14. The standard InChI is InChI=1S/C8H8BrN3O3/c9-7-1-5(12(13)14)2-11-8(7)15-6-3-10-4-6/h1-2,6,10H,3-4H2. The molecule has 0 radical (unpaired) electrons. The van der Waals surface area contributed by atoms with Gasteiger partial charge in [-0.3, -0.25) is 10.1 Å². The molecule has 0 aromatic carbocycles. The second kappa shape index (κ2) is 4.11. The predicted octanol–water partition coefficient (Wildman–Crippen LogP) is 1.10. The van der Waals surface area contributed by atoms with E-state index in [0.717, 1.165) is 13.1 Å². The van der Waals surface area contributed by atoms with Crippen molar-refractivity contribution in [2.45, 2.75) is 6.10 Å². The first kappa shape index (κ1) is 10.3. The lowest BCUT2D eigenvalue weighted by Gasteiger charge is -2.27. The number of nitro groups is 1. The minimum atomic E-state index is -0.494. The number of rotatable bonds is 3. The van der Waals surface area contributed by atoms with E-state index in [-0.39, 0.29) is 11.8 Å². The minimum absolute atomic E-state index is 0.0547. The number of hydrogen-bond donors (Lipinski definition) is 1. The zero-order chi connectivity index (χ0) is 10.8. The van der Waals surface area contributed by atoms with Gasteiger partial charge < -0.3 is 10.1 Å². The first-order chi connectivity index (χ1) is 7.16. The third kappa shape index (κ3) is 2.24. The monoisotopic (exact) mass is 273 g/mol. The molecule has 1 N–H and O–H groups in total. The highest BCUT2D eigenvalue weighted by Crippen LogP contribution is 2.27. The molecular formula is C8H8BrN3O3. The molecule has 1 saturated heterocycles. The van der Waals surface area contributed by atoms with Crippen molar-refractivity contribution in [1.82, 2.24) is 10.3 Å². The van der Waals surface area contributed by atoms with E-state index in [1.807, 2.05) is 0 Å². The smallest absolute Gasteiger partial charge is 0.288 e. The molecule has 7 heteroatoms. The molecule has 1 aromatic rings. The van der Waals surface area contributed by atoms with E-state index in [1.165, 1.54) is 12.3 Å². The van der Waals surface area contributed by atoms with Crippen molar-refractivity contribution in [2.75, 3.05) is 13.1 Å². The molecule has 2 rings (SSSR count). The molecule has 0 unspecified atom stereocenters. The molecular weight excluding hydrogens is 266 g/mol. The second-order valence-corrected chi connectivity index (χ2v) is 3.99. The Morgan fingerprint density at radius 3 is 2.87 bits per heavy atom. The summed E-state index contributed by atoms with van der Waals surface area (Å²) in [5, 5.41) is 13.5. The quantitative estimate of drug-likeness (QED) is 0.659. The molecule has 2 heterocycles. The third-order valence-corrected chi connectivity index (χ3v) is 2.59. The zero-order valence-electron chi connectivity index (χ0n) is 7.64. The molecule has 15 heavy (non-hydrogen) atoms. The van der Waals surface area contributed by atoms with Gasteiger partial charge in [-0.25, -0.2) is 4.98 Å². The van der Waals surface area contributed by atoms with Crippen molar-refractivity contribution in [1.29, 1.82) is 0 Å². The molecule has 1 fully saturated rings. The molecule has 0 amide bonds. The summed E-state index contributed by atoms with van der Waals surface area (Å²) < 4.78 is 5.98. The Hall–Kier alpha value is -1.21. The van der Waals surface area contributed by atoms with Gasteiger partial charge in [0.1, 0.15) is 12.3 Å². The normalized spacial score (nSPS) is 15.8. The van der Waals surface area contributed by atoms with Crippen LogP contribution in [0.3, 0.4) is 0 Å². The first-order valence-electron chi connectivity index (χ1n) is 4.34. The van der Waals surface area contributed by atoms with Crippen molar-refractivity contribution in [3.05, 3.63) is 26.9 Å². The van der Waals surface area contributed by atoms with Gasteiger partial charge in [0, 0.05) is 19.2 Å². The van der Waals surface area contributed by atoms with E-state index in [2.05, 4.69) is 26.2 Å². The lowest BCUT2D eigenvalue weighted by atomic mass is 10.2. The number of ether oxygens (including phenoxy) is 1. The van der Waals surface area contributed by atoms with Gasteiger partial charge >= 0.3 is 0 Å². The number of hydrogen-bond acceptors (Lipinski definition) is 5. The van der Waals surface area contributed by atoms with Crippen LogP contribution in [0.4, 0.5) is 5.69 Å². The lowest BCUT2D eigenvalue weighted by Crippen LogP contribution is -2.50. The summed E-state index contributed by atoms with van der Waals surface area (Å²) in [6.07, 6.45) is 1.29. The Morgan fingerprint density at radius 2 is 2.40 bits per heavy atom. The molecule has 6 nitrogen and oxygen atoms in total. The number of halogens is 1. The molecule has 1 aromatic heterocycles. The summed E-state index contributed by atoms with van der Waals surface area (Å²) in [7, 11) is 0. The maximum absolute atomic E-state index is 10.4. The predicted molar refractivity (Wildman–Crippen MR) is 55.9 cm³/mol. The first-order valence-corrected chi connectivity index (χ1v) is 5.13. The number of pyridine rings is 1. The summed E-state index contributed by atoms with van der Waals surface area (Å²) in [4.78, 5) is 13.8. The third-order valence-electron chi connectivity index (χ3n) is 2.03. The van der Waals surface area contributed by atoms with Crippen LogP contribution < -0.4 is 10.1 Å². The molecule has 0 atom stereocenters. The minimum Gasteiger partial charge on any atom is -0.471 e. The SMILES string of the molecule is O=[N+]([O-])c1cnc(OC2CNC2)c(Br)c1. The Morgan fingerprint density at radius 1 is 1.67 bits per heavy atom. The number of nitrogens with one attached hydrogen (secondary N) is 1. The highest BCUT2D eigenvalue weighted by Gasteiger charge is 2.21. The van der Waals surface area contributed by atoms with Gasteiger partial charge in [-0.2, -0.15) is 0 Å². The van der Waals surface area contributed by atoms with Crippen LogP contribution in [0.25, 0.3) is 0 Å². The average molecular weight is 274 g/mol. The van der Waals surface area contributed by atoms with Crippen molar-refractivity contribution < 1.29 is 9.66 Å². The van der Waals surface area contributed by atoms with Crippen LogP contribution in [-0.4, -0.2) is 29.1 Å². The van der Waals surface area contributed by atoms with Gasteiger partial charge in [0.05, 0.1) is 9.40 Å². The average Bonchev–Trinajstić information content (AvgIpc) is 2.12. The largest absolute Gasteiger partial charge is 0.471 e. The maximum atomic E-state index is 10.4. The highest BCUT2D eigenvalue weighted by molar-refractivity contribution is 9.10. The fourth-order valence-corrected chi connectivity index (χ4v) is 1.54. The molecule has 1 aliphatic rings. The molecule has 80 valence electrons. The van der Waals surface area contributed by atoms with E-state index >= 15 is 0 Å². The Kier molecular flexibility index (Phi) is 2.83. The number of aromatic nitrogens is 1. The summed E-state index contributed by atoms with van der Waals surface area (Å²) in [5.41, 5.74) is -0.0547. The van der Waals surface area contributed by atoms with Crippen LogP contribution in [0.2, 0.25) is 0 Å². The van der Waals surface area contributed by atoms with Crippen molar-refractivity contribution in [3.8, 4) is 5.88 Å². The van der Waals surface area contributed by atoms with Gasteiger partial charge in [0.15, 0.2) is 0 Å².